The number of hydrogen-bond acceptors (Lipinski definition) is 10. The van der Waals surface area contributed by atoms with Crippen LogP contribution in [0.1, 0.15) is 25.0 Å². The van der Waals surface area contributed by atoms with Crippen molar-refractivity contribution in [3.05, 3.63) is 47.8 Å². The smallest absolute Gasteiger partial charge is 0.417 e. The maximum atomic E-state index is 14.3. The number of nitrogens with one attached hydrogen (secondary N) is 2. The zero-order valence-electron chi connectivity index (χ0n) is 26.2. The predicted molar refractivity (Wildman–Crippen MR) is 165 cm³/mol. The standard InChI is InChI=1S/C30H36F3N9O5/c1-4-5-25(43)35-15-26(44)40-8-6-39(7-9-40)16-20-12-23-28(41-10-11-47-18-19(41)2)37-27(38-42(23)17-20)21-14-34-24(36-29(45)46-3)13-22(21)30(31,32)33/h4-5,12-14,17,19H,6-11,15-16,18H2,1-3H3,(H,35,43)(H,34,36,45)/b5-4-/t19-/m0/s1. The highest BCUT2D eigenvalue weighted by Crippen LogP contribution is 2.38. The molecular weight excluding hydrogens is 623 g/mol. The first-order valence-corrected chi connectivity index (χ1v) is 15.0. The Morgan fingerprint density at radius 1 is 1.15 bits per heavy atom. The normalized spacial score (nSPS) is 17.7. The van der Waals surface area contributed by atoms with Crippen molar-refractivity contribution in [2.24, 2.45) is 0 Å². The van der Waals surface area contributed by atoms with Crippen LogP contribution in [0.3, 0.4) is 0 Å². The molecule has 0 bridgehead atoms. The van der Waals surface area contributed by atoms with Gasteiger partial charge < -0.3 is 24.6 Å². The molecule has 3 aromatic rings. The Morgan fingerprint density at radius 3 is 2.60 bits per heavy atom. The number of aromatic nitrogens is 4. The van der Waals surface area contributed by atoms with Gasteiger partial charge in [-0.15, -0.1) is 5.10 Å². The number of rotatable bonds is 8. The molecule has 5 rings (SSSR count). The van der Waals surface area contributed by atoms with E-state index in [0.717, 1.165) is 24.9 Å². The minimum Gasteiger partial charge on any atom is -0.453 e. The van der Waals surface area contributed by atoms with E-state index in [-0.39, 0.29) is 41.6 Å². The average molecular weight is 660 g/mol. The summed E-state index contributed by atoms with van der Waals surface area (Å²) >= 11 is 0. The first-order valence-electron chi connectivity index (χ1n) is 15.0. The lowest BCUT2D eigenvalue weighted by molar-refractivity contribution is -0.137. The highest BCUT2D eigenvalue weighted by molar-refractivity contribution is 5.91. The number of hydrogen-bond donors (Lipinski definition) is 2. The molecule has 2 N–H and O–H groups in total. The van der Waals surface area contributed by atoms with E-state index in [9.17, 15) is 27.6 Å². The minimum absolute atomic E-state index is 0.0755. The van der Waals surface area contributed by atoms with Gasteiger partial charge in [-0.25, -0.2) is 19.3 Å². The van der Waals surface area contributed by atoms with Crippen molar-refractivity contribution in [1.82, 2.24) is 34.7 Å². The second-order valence-electron chi connectivity index (χ2n) is 11.2. The monoisotopic (exact) mass is 659 g/mol. The highest BCUT2D eigenvalue weighted by atomic mass is 19.4. The van der Waals surface area contributed by atoms with Crippen LogP contribution in [0.4, 0.5) is 29.6 Å². The van der Waals surface area contributed by atoms with Gasteiger partial charge in [-0.3, -0.25) is 19.8 Å². The fourth-order valence-electron chi connectivity index (χ4n) is 5.48. The number of morpholine rings is 1. The lowest BCUT2D eigenvalue weighted by Gasteiger charge is -2.34. The van der Waals surface area contributed by atoms with Crippen LogP contribution in [0, 0.1) is 0 Å². The lowest BCUT2D eigenvalue weighted by Crippen LogP contribution is -2.50. The van der Waals surface area contributed by atoms with E-state index >= 15 is 0 Å². The molecule has 2 aliphatic rings. The van der Waals surface area contributed by atoms with E-state index in [1.165, 1.54) is 10.6 Å². The Hall–Kier alpha value is -4.77. The minimum atomic E-state index is -4.81. The van der Waals surface area contributed by atoms with Crippen LogP contribution in [0.2, 0.25) is 0 Å². The van der Waals surface area contributed by atoms with Crippen LogP contribution in [0.25, 0.3) is 16.9 Å². The number of ether oxygens (including phenoxy) is 2. The van der Waals surface area contributed by atoms with Crippen LogP contribution in [-0.2, 0) is 31.8 Å². The Labute approximate surface area is 268 Å². The number of amides is 3. The Morgan fingerprint density at radius 2 is 1.91 bits per heavy atom. The molecule has 1 atom stereocenters. The van der Waals surface area contributed by atoms with Crippen molar-refractivity contribution < 1.29 is 37.0 Å². The zero-order chi connectivity index (χ0) is 33.7. The van der Waals surface area contributed by atoms with Gasteiger partial charge in [0.05, 0.1) is 44.0 Å². The van der Waals surface area contributed by atoms with Crippen molar-refractivity contribution in [2.45, 2.75) is 32.6 Å². The number of methoxy groups -OCH3 is 1. The fourth-order valence-corrected chi connectivity index (χ4v) is 5.48. The number of pyridine rings is 1. The quantitative estimate of drug-likeness (QED) is 0.346. The van der Waals surface area contributed by atoms with Gasteiger partial charge in [0.1, 0.15) is 11.3 Å². The fraction of sp³-hybridized carbons (Fsp3) is 0.467. The average Bonchev–Trinajstić information content (AvgIpc) is 3.46. The van der Waals surface area contributed by atoms with Gasteiger partial charge in [0.15, 0.2) is 11.6 Å². The number of carbonyl (C=O) groups is 3. The van der Waals surface area contributed by atoms with Crippen LogP contribution in [0.15, 0.2) is 36.7 Å². The summed E-state index contributed by atoms with van der Waals surface area (Å²) in [5, 5.41) is 9.23. The summed E-state index contributed by atoms with van der Waals surface area (Å²) in [7, 11) is 1.09. The lowest BCUT2D eigenvalue weighted by atomic mass is 10.1. The number of carbonyl (C=O) groups excluding carboxylic acids is 3. The van der Waals surface area contributed by atoms with Crippen molar-refractivity contribution in [3.63, 3.8) is 0 Å². The topological polar surface area (TPSA) is 147 Å². The van der Waals surface area contributed by atoms with Crippen molar-refractivity contribution in [3.8, 4) is 11.4 Å². The van der Waals surface area contributed by atoms with Crippen LogP contribution in [-0.4, -0.2) is 113 Å². The van der Waals surface area contributed by atoms with Crippen molar-refractivity contribution in [2.75, 3.05) is 69.8 Å². The van der Waals surface area contributed by atoms with Crippen molar-refractivity contribution >= 4 is 35.1 Å². The summed E-state index contributed by atoms with van der Waals surface area (Å²) < 4.78 is 54.5. The van der Waals surface area contributed by atoms with E-state index < -0.39 is 17.8 Å². The number of anilines is 2. The largest absolute Gasteiger partial charge is 0.453 e. The summed E-state index contributed by atoms with van der Waals surface area (Å²) in [4.78, 5) is 50.3. The molecule has 17 heteroatoms. The van der Waals surface area contributed by atoms with Gasteiger partial charge in [-0.1, -0.05) is 6.08 Å². The van der Waals surface area contributed by atoms with Crippen molar-refractivity contribution in [1.29, 1.82) is 0 Å². The number of fused-ring (bicyclic) bond motifs is 1. The number of allylic oxidation sites excluding steroid dienone is 1. The Balaban J connectivity index is 1.42. The van der Waals surface area contributed by atoms with Crippen LogP contribution in [0.5, 0.6) is 0 Å². The molecule has 0 aromatic carbocycles. The summed E-state index contributed by atoms with van der Waals surface area (Å²) in [6.07, 6.45) is -0.0594. The number of alkyl halides is 3. The third-order valence-electron chi connectivity index (χ3n) is 7.87. The number of piperazine rings is 1. The molecule has 47 heavy (non-hydrogen) atoms. The summed E-state index contributed by atoms with van der Waals surface area (Å²) in [6, 6.07) is 2.54. The Bertz CT molecular complexity index is 1650. The molecule has 3 aromatic heterocycles. The molecule has 2 fully saturated rings. The molecule has 0 aliphatic carbocycles. The molecule has 0 spiro atoms. The van der Waals surface area contributed by atoms with Gasteiger partial charge in [0.25, 0.3) is 0 Å². The molecule has 2 aliphatic heterocycles. The molecule has 5 heterocycles. The van der Waals surface area contributed by atoms with Crippen LogP contribution >= 0.6 is 0 Å². The number of nitrogens with zero attached hydrogens (tertiary/aromatic N) is 7. The Kier molecular flexibility index (Phi) is 10.2. The van der Waals surface area contributed by atoms with E-state index in [1.54, 1.807) is 24.1 Å². The zero-order valence-corrected chi connectivity index (χ0v) is 26.2. The summed E-state index contributed by atoms with van der Waals surface area (Å²) in [5.74, 6) is -0.551. The van der Waals surface area contributed by atoms with E-state index in [4.69, 9.17) is 4.74 Å². The van der Waals surface area contributed by atoms with Gasteiger partial charge >= 0.3 is 12.3 Å². The number of halogens is 3. The molecule has 0 unspecified atom stereocenters. The predicted octanol–water partition coefficient (Wildman–Crippen LogP) is 2.55. The highest BCUT2D eigenvalue weighted by Gasteiger charge is 2.36. The second-order valence-corrected chi connectivity index (χ2v) is 11.2. The third-order valence-corrected chi connectivity index (χ3v) is 7.87. The third kappa shape index (κ3) is 7.97. The SMILES string of the molecule is C/C=C\C(=O)NCC(=O)N1CCN(Cc2cc3c(N4CCOC[C@@H]4C)nc(-c4cnc(NC(=O)OC)cc4C(F)(F)F)nn3c2)CC1. The van der Waals surface area contributed by atoms with E-state index in [2.05, 4.69) is 35.3 Å². The molecule has 0 radical (unpaired) electrons. The summed E-state index contributed by atoms with van der Waals surface area (Å²) in [5.41, 5.74) is 0.0628. The summed E-state index contributed by atoms with van der Waals surface area (Å²) in [6.45, 7) is 7.59. The maximum absolute atomic E-state index is 14.3. The molecular formula is C30H36F3N9O5. The van der Waals surface area contributed by atoms with E-state index in [1.807, 2.05) is 17.9 Å². The molecule has 252 valence electrons. The second kappa shape index (κ2) is 14.3. The van der Waals surface area contributed by atoms with Gasteiger partial charge in [-0.2, -0.15) is 13.2 Å². The molecule has 2 saturated heterocycles. The molecule has 0 saturated carbocycles. The van der Waals surface area contributed by atoms with Gasteiger partial charge in [0, 0.05) is 51.7 Å². The maximum Gasteiger partial charge on any atom is 0.417 e. The van der Waals surface area contributed by atoms with Gasteiger partial charge in [-0.05, 0) is 37.6 Å². The van der Waals surface area contributed by atoms with E-state index in [0.29, 0.717) is 63.8 Å². The molecule has 3 amide bonds. The first-order chi connectivity index (χ1) is 22.5. The van der Waals surface area contributed by atoms with Crippen LogP contribution < -0.4 is 15.5 Å². The molecule has 14 nitrogen and oxygen atoms in total. The first kappa shape index (κ1) is 33.6. The van der Waals surface area contributed by atoms with Gasteiger partial charge in [0.2, 0.25) is 11.8 Å².